The van der Waals surface area contributed by atoms with Crippen LogP contribution in [0, 0.1) is 6.92 Å². The molecule has 1 aromatic rings. The molecule has 0 saturated carbocycles. The van der Waals surface area contributed by atoms with Gasteiger partial charge in [-0.25, -0.2) is 0 Å². The van der Waals surface area contributed by atoms with Gasteiger partial charge in [0.1, 0.15) is 0 Å². The molecule has 0 heterocycles. The van der Waals surface area contributed by atoms with Gasteiger partial charge >= 0.3 is 10.0 Å². The molecule has 2 nitrogen and oxygen atoms in total. The lowest BCUT2D eigenvalue weighted by Crippen LogP contribution is -1.93. The van der Waals surface area contributed by atoms with E-state index < -0.39 is 10.0 Å². The second-order valence-electron chi connectivity index (χ2n) is 2.35. The van der Waals surface area contributed by atoms with Crippen molar-refractivity contribution in [1.29, 1.82) is 0 Å². The normalized spacial score (nSPS) is 8.58. The molecule has 0 N–H and O–H groups in total. The Morgan fingerprint density at radius 2 is 1.50 bits per heavy atom. The van der Waals surface area contributed by atoms with Crippen LogP contribution in [-0.2, 0) is 8.85 Å². The molecule has 3 heteroatoms. The van der Waals surface area contributed by atoms with Crippen molar-refractivity contribution >= 4 is 10.0 Å². The second-order valence-corrected chi connectivity index (χ2v) is 3.74. The second kappa shape index (κ2) is 8.45. The third-order valence-electron chi connectivity index (χ3n) is 1.18. The van der Waals surface area contributed by atoms with Gasteiger partial charge in [-0.3, -0.25) is 0 Å². The molecule has 0 aliphatic rings. The first-order valence-electron chi connectivity index (χ1n) is 3.80. The Bertz CT molecular complexity index is 175. The Labute approximate surface area is 76.6 Å². The van der Waals surface area contributed by atoms with Gasteiger partial charge in [0.2, 0.25) is 0 Å². The van der Waals surface area contributed by atoms with Gasteiger partial charge in [0, 0.05) is 14.2 Å². The molecule has 1 aromatic carbocycles. The van der Waals surface area contributed by atoms with E-state index in [-0.39, 0.29) is 0 Å². The maximum Gasteiger partial charge on any atom is 0.303 e. The molecule has 0 saturated heterocycles. The summed E-state index contributed by atoms with van der Waals surface area (Å²) in [7, 11) is 2.73. The molecule has 0 fully saturated rings. The van der Waals surface area contributed by atoms with Gasteiger partial charge in [0.25, 0.3) is 0 Å². The van der Waals surface area contributed by atoms with Crippen molar-refractivity contribution in [2.45, 2.75) is 6.92 Å². The highest BCUT2D eigenvalue weighted by molar-refractivity contribution is 6.17. The summed E-state index contributed by atoms with van der Waals surface area (Å²) < 4.78 is 9.22. The van der Waals surface area contributed by atoms with Gasteiger partial charge in [-0.15, -0.1) is 0 Å². The molecular weight excluding hydrogens is 168 g/mol. The number of rotatable bonds is 2. The summed E-state index contributed by atoms with van der Waals surface area (Å²) in [5.41, 5.74) is 1.32. The molecule has 0 amide bonds. The summed E-state index contributed by atoms with van der Waals surface area (Å²) in [6, 6.07) is 10.3. The van der Waals surface area contributed by atoms with E-state index in [4.69, 9.17) is 0 Å². The average molecular weight is 184 g/mol. The molecule has 0 aromatic heterocycles. The van der Waals surface area contributed by atoms with E-state index in [0.29, 0.717) is 0 Å². The summed E-state index contributed by atoms with van der Waals surface area (Å²) in [5, 5.41) is 0. The monoisotopic (exact) mass is 184 g/mol. The zero-order valence-electron chi connectivity index (χ0n) is 7.91. The summed E-state index contributed by atoms with van der Waals surface area (Å²) >= 11 is 0. The van der Waals surface area contributed by atoms with Crippen LogP contribution in [0.5, 0.6) is 0 Å². The summed E-state index contributed by atoms with van der Waals surface area (Å²) in [4.78, 5) is 0. The minimum absolute atomic E-state index is 0.568. The number of hydrogen-bond donors (Lipinski definition) is 0. The van der Waals surface area contributed by atoms with Gasteiger partial charge < -0.3 is 8.85 Å². The van der Waals surface area contributed by atoms with E-state index >= 15 is 0 Å². The fraction of sp³-hybridized carbons (Fsp3) is 0.333. The Hall–Kier alpha value is -0.643. The largest absolute Gasteiger partial charge is 0.402 e. The highest BCUT2D eigenvalue weighted by atomic mass is 28.3. The van der Waals surface area contributed by atoms with Crippen molar-refractivity contribution in [3.05, 3.63) is 35.9 Å². The molecule has 0 aliphatic heterocycles. The van der Waals surface area contributed by atoms with Crippen molar-refractivity contribution in [2.75, 3.05) is 14.2 Å². The van der Waals surface area contributed by atoms with Crippen LogP contribution in [0.1, 0.15) is 5.56 Å². The first-order valence-corrected chi connectivity index (χ1v) is 4.96. The fourth-order valence-corrected chi connectivity index (χ4v) is 0.888. The quantitative estimate of drug-likeness (QED) is 0.645. The summed E-state index contributed by atoms with van der Waals surface area (Å²) in [6.07, 6.45) is 0. The third-order valence-corrected chi connectivity index (χ3v) is 1.65. The van der Waals surface area contributed by atoms with Gasteiger partial charge in [0.15, 0.2) is 0 Å². The van der Waals surface area contributed by atoms with Crippen molar-refractivity contribution < 1.29 is 8.85 Å². The minimum Gasteiger partial charge on any atom is -0.402 e. The zero-order chi connectivity index (χ0) is 9.23. The fourth-order valence-electron chi connectivity index (χ4n) is 0.652. The van der Waals surface area contributed by atoms with Gasteiger partial charge in [-0.2, -0.15) is 0 Å². The maximum atomic E-state index is 4.61. The third kappa shape index (κ3) is 7.46. The molecule has 0 aliphatic carbocycles. The van der Waals surface area contributed by atoms with Crippen molar-refractivity contribution in [3.8, 4) is 0 Å². The minimum atomic E-state index is -0.568. The first-order chi connectivity index (χ1) is 5.81. The molecule has 0 radical (unpaired) electrons. The van der Waals surface area contributed by atoms with Crippen LogP contribution in [0.4, 0.5) is 0 Å². The van der Waals surface area contributed by atoms with Crippen molar-refractivity contribution in [2.24, 2.45) is 0 Å². The molecular formula is C9H16O2Si. The molecule has 0 atom stereocenters. The van der Waals surface area contributed by atoms with Crippen molar-refractivity contribution in [3.63, 3.8) is 0 Å². The predicted octanol–water partition coefficient (Wildman–Crippen LogP) is 1.27. The number of aryl methyl sites for hydroxylation is 1. The average Bonchev–Trinajstić information content (AvgIpc) is 2.08. The van der Waals surface area contributed by atoms with E-state index in [9.17, 15) is 0 Å². The maximum absolute atomic E-state index is 4.61. The van der Waals surface area contributed by atoms with E-state index in [2.05, 4.69) is 27.9 Å². The standard InChI is InChI=1S/C7H8.C2H8O2Si/c1-7-5-3-2-4-6-7;1-3-5-4-2/h2-6H,1H3;5H2,1-2H3. The van der Waals surface area contributed by atoms with E-state index in [1.54, 1.807) is 14.2 Å². The summed E-state index contributed by atoms with van der Waals surface area (Å²) in [6.45, 7) is 2.08. The molecule has 0 unspecified atom stereocenters. The van der Waals surface area contributed by atoms with Crippen LogP contribution < -0.4 is 0 Å². The Balaban J connectivity index is 0.000000217. The van der Waals surface area contributed by atoms with Crippen molar-refractivity contribution in [1.82, 2.24) is 0 Å². The highest BCUT2D eigenvalue weighted by Crippen LogP contribution is 1.92. The lowest BCUT2D eigenvalue weighted by atomic mass is 10.2. The van der Waals surface area contributed by atoms with E-state index in [0.717, 1.165) is 0 Å². The zero-order valence-corrected chi connectivity index (χ0v) is 9.32. The van der Waals surface area contributed by atoms with Crippen LogP contribution in [0.2, 0.25) is 0 Å². The van der Waals surface area contributed by atoms with Gasteiger partial charge in [-0.05, 0) is 6.92 Å². The van der Waals surface area contributed by atoms with Crippen LogP contribution in [-0.4, -0.2) is 24.2 Å². The summed E-state index contributed by atoms with van der Waals surface area (Å²) in [5.74, 6) is 0. The molecule has 1 rings (SSSR count). The lowest BCUT2D eigenvalue weighted by Gasteiger charge is -1.86. The predicted molar refractivity (Wildman–Crippen MR) is 53.7 cm³/mol. The van der Waals surface area contributed by atoms with Gasteiger partial charge in [0.05, 0.1) is 0 Å². The number of hydrogen-bond acceptors (Lipinski definition) is 2. The Kier molecular flexibility index (Phi) is 8.00. The molecule has 12 heavy (non-hydrogen) atoms. The van der Waals surface area contributed by atoms with Gasteiger partial charge in [-0.1, -0.05) is 35.9 Å². The van der Waals surface area contributed by atoms with E-state index in [1.165, 1.54) is 5.56 Å². The van der Waals surface area contributed by atoms with Crippen LogP contribution in [0.3, 0.4) is 0 Å². The molecule has 0 spiro atoms. The Morgan fingerprint density at radius 1 is 1.00 bits per heavy atom. The SMILES string of the molecule is CO[SiH2]OC.Cc1ccccc1. The van der Waals surface area contributed by atoms with E-state index in [1.807, 2.05) is 18.2 Å². The topological polar surface area (TPSA) is 18.5 Å². The molecule has 68 valence electrons. The number of benzene rings is 1. The Morgan fingerprint density at radius 3 is 1.67 bits per heavy atom. The van der Waals surface area contributed by atoms with Crippen LogP contribution >= 0.6 is 0 Å². The highest BCUT2D eigenvalue weighted by Gasteiger charge is 1.72. The van der Waals surface area contributed by atoms with Crippen LogP contribution in [0.25, 0.3) is 0 Å². The molecule has 0 bridgehead atoms. The first kappa shape index (κ1) is 11.4. The lowest BCUT2D eigenvalue weighted by molar-refractivity contribution is 0.309. The smallest absolute Gasteiger partial charge is 0.303 e. The van der Waals surface area contributed by atoms with Crippen LogP contribution in [0.15, 0.2) is 30.3 Å².